The fraction of sp³-hybridized carbons (Fsp3) is 0.100. The zero-order chi connectivity index (χ0) is 11.5. The first-order valence-corrected chi connectivity index (χ1v) is 4.60. The highest BCUT2D eigenvalue weighted by Crippen LogP contribution is 2.09. The molecule has 0 aliphatic heterocycles. The summed E-state index contributed by atoms with van der Waals surface area (Å²) in [5.41, 5.74) is 0.818. The van der Waals surface area contributed by atoms with Crippen molar-refractivity contribution in [1.82, 2.24) is 15.2 Å². The van der Waals surface area contributed by atoms with Crippen molar-refractivity contribution in [1.29, 1.82) is 0 Å². The van der Waals surface area contributed by atoms with Crippen LogP contribution in [-0.4, -0.2) is 21.1 Å². The number of nitrogens with zero attached hydrogens (tertiary/aromatic N) is 2. The van der Waals surface area contributed by atoms with Crippen LogP contribution >= 0.6 is 0 Å². The number of hydrogen-bond donors (Lipinski definition) is 2. The van der Waals surface area contributed by atoms with E-state index >= 15 is 0 Å². The van der Waals surface area contributed by atoms with E-state index in [1.54, 1.807) is 13.1 Å². The molecule has 2 N–H and O–H groups in total. The molecule has 16 heavy (non-hydrogen) atoms. The summed E-state index contributed by atoms with van der Waals surface area (Å²) in [4.78, 5) is 15.1. The van der Waals surface area contributed by atoms with Gasteiger partial charge in [0.25, 0.3) is 5.91 Å². The first-order valence-electron chi connectivity index (χ1n) is 4.60. The summed E-state index contributed by atoms with van der Waals surface area (Å²) < 4.78 is 12.8. The number of aryl methyl sites for hydroxylation is 1. The quantitative estimate of drug-likeness (QED) is 0.753. The third-order valence-corrected chi connectivity index (χ3v) is 2.02. The van der Waals surface area contributed by atoms with Gasteiger partial charge in [-0.05, 0) is 19.1 Å². The smallest absolute Gasteiger partial charge is 0.275 e. The number of H-pyrrole nitrogens is 1. The van der Waals surface area contributed by atoms with Gasteiger partial charge in [-0.25, -0.2) is 4.98 Å². The van der Waals surface area contributed by atoms with Crippen molar-refractivity contribution in [2.45, 2.75) is 6.92 Å². The number of halogens is 1. The fourth-order valence-electron chi connectivity index (χ4n) is 1.19. The molecule has 1 amide bonds. The lowest BCUT2D eigenvalue weighted by Gasteiger charge is -2.02. The molecular weight excluding hydrogens is 211 g/mol. The van der Waals surface area contributed by atoms with Gasteiger partial charge in [0, 0.05) is 5.56 Å². The number of aromatic nitrogens is 3. The summed E-state index contributed by atoms with van der Waals surface area (Å²) in [5.74, 6) is -0.683. The average Bonchev–Trinajstić information content (AvgIpc) is 2.64. The van der Waals surface area contributed by atoms with Crippen molar-refractivity contribution in [3.8, 4) is 0 Å². The molecule has 2 heterocycles. The lowest BCUT2D eigenvalue weighted by atomic mass is 10.3. The van der Waals surface area contributed by atoms with Gasteiger partial charge in [-0.2, -0.15) is 9.49 Å². The molecule has 0 fully saturated rings. The van der Waals surface area contributed by atoms with Crippen LogP contribution < -0.4 is 5.32 Å². The highest BCUT2D eigenvalue weighted by molar-refractivity contribution is 6.02. The van der Waals surface area contributed by atoms with Crippen LogP contribution in [0.2, 0.25) is 0 Å². The van der Waals surface area contributed by atoms with Gasteiger partial charge in [0.15, 0.2) is 0 Å². The second-order valence-electron chi connectivity index (χ2n) is 3.23. The lowest BCUT2D eigenvalue weighted by molar-refractivity contribution is 0.102. The summed E-state index contributed by atoms with van der Waals surface area (Å²) >= 11 is 0. The van der Waals surface area contributed by atoms with Gasteiger partial charge in [0.1, 0.15) is 11.5 Å². The van der Waals surface area contributed by atoms with Gasteiger partial charge in [0.05, 0.1) is 6.20 Å². The minimum atomic E-state index is -0.686. The van der Waals surface area contributed by atoms with Crippen molar-refractivity contribution < 1.29 is 9.18 Å². The number of hydrogen-bond acceptors (Lipinski definition) is 3. The highest BCUT2D eigenvalue weighted by atomic mass is 19.1. The summed E-state index contributed by atoms with van der Waals surface area (Å²) in [6.45, 7) is 1.79. The first kappa shape index (κ1) is 10.3. The van der Waals surface area contributed by atoms with E-state index in [0.717, 1.165) is 5.56 Å². The topological polar surface area (TPSA) is 70.7 Å². The molecule has 0 saturated heterocycles. The minimum Gasteiger partial charge on any atom is -0.305 e. The molecule has 2 aromatic heterocycles. The van der Waals surface area contributed by atoms with Gasteiger partial charge in [0.2, 0.25) is 5.95 Å². The van der Waals surface area contributed by atoms with Crippen LogP contribution in [0.15, 0.2) is 24.4 Å². The molecule has 0 aromatic carbocycles. The number of amides is 1. The Kier molecular flexibility index (Phi) is 2.63. The molecule has 0 spiro atoms. The van der Waals surface area contributed by atoms with Gasteiger partial charge >= 0.3 is 0 Å². The van der Waals surface area contributed by atoms with Gasteiger partial charge < -0.3 is 5.32 Å². The highest BCUT2D eigenvalue weighted by Gasteiger charge is 2.10. The minimum absolute atomic E-state index is 0.0222. The Morgan fingerprint density at radius 2 is 2.31 bits per heavy atom. The number of nitrogens with one attached hydrogen (secondary N) is 2. The van der Waals surface area contributed by atoms with Crippen LogP contribution in [0.3, 0.4) is 0 Å². The molecule has 0 atom stereocenters. The molecule has 0 aliphatic rings. The molecule has 0 saturated carbocycles. The van der Waals surface area contributed by atoms with Crippen LogP contribution in [0.25, 0.3) is 0 Å². The third-order valence-electron chi connectivity index (χ3n) is 2.02. The van der Waals surface area contributed by atoms with Crippen LogP contribution in [0.5, 0.6) is 0 Å². The molecule has 0 aliphatic carbocycles. The number of pyridine rings is 1. The lowest BCUT2D eigenvalue weighted by Crippen LogP contribution is -2.15. The third kappa shape index (κ3) is 2.05. The number of anilines is 1. The summed E-state index contributed by atoms with van der Waals surface area (Å²) in [7, 11) is 0. The molecule has 0 unspecified atom stereocenters. The maximum atomic E-state index is 12.8. The van der Waals surface area contributed by atoms with E-state index in [9.17, 15) is 9.18 Å². The van der Waals surface area contributed by atoms with Crippen LogP contribution in [0, 0.1) is 12.9 Å². The second kappa shape index (κ2) is 4.09. The Morgan fingerprint density at radius 3 is 2.94 bits per heavy atom. The first-order chi connectivity index (χ1) is 7.66. The summed E-state index contributed by atoms with van der Waals surface area (Å²) in [5, 5.41) is 8.92. The monoisotopic (exact) mass is 220 g/mol. The molecule has 2 rings (SSSR count). The zero-order valence-electron chi connectivity index (χ0n) is 8.49. The van der Waals surface area contributed by atoms with Crippen molar-refractivity contribution in [2.24, 2.45) is 0 Å². The molecule has 82 valence electrons. The zero-order valence-corrected chi connectivity index (χ0v) is 8.49. The molecule has 6 heteroatoms. The predicted octanol–water partition coefficient (Wildman–Crippen LogP) is 1.50. The van der Waals surface area contributed by atoms with E-state index in [-0.39, 0.29) is 5.69 Å². The SMILES string of the molecule is Cc1cn[nH]c1NC(=O)c1cccc(F)n1. The van der Waals surface area contributed by atoms with E-state index in [1.807, 2.05) is 0 Å². The Hall–Kier alpha value is -2.24. The fourth-order valence-corrected chi connectivity index (χ4v) is 1.19. The second-order valence-corrected chi connectivity index (χ2v) is 3.23. The maximum Gasteiger partial charge on any atom is 0.275 e. The predicted molar refractivity (Wildman–Crippen MR) is 55.5 cm³/mol. The van der Waals surface area contributed by atoms with Crippen molar-refractivity contribution in [3.05, 3.63) is 41.6 Å². The maximum absolute atomic E-state index is 12.8. The van der Waals surface area contributed by atoms with Crippen molar-refractivity contribution >= 4 is 11.7 Å². The Balaban J connectivity index is 2.18. The Bertz CT molecular complexity index is 523. The normalized spacial score (nSPS) is 10.1. The van der Waals surface area contributed by atoms with Crippen molar-refractivity contribution in [2.75, 3.05) is 5.32 Å². The van der Waals surface area contributed by atoms with E-state index < -0.39 is 11.9 Å². The molecule has 0 radical (unpaired) electrons. The molecular formula is C10H9FN4O. The number of aromatic amines is 1. The number of carbonyl (C=O) groups excluding carboxylic acids is 1. The number of rotatable bonds is 2. The van der Waals surface area contributed by atoms with Crippen LogP contribution in [0.1, 0.15) is 16.1 Å². The van der Waals surface area contributed by atoms with Gasteiger partial charge in [-0.15, -0.1) is 0 Å². The van der Waals surface area contributed by atoms with Crippen LogP contribution in [0.4, 0.5) is 10.2 Å². The standard InChI is InChI=1S/C10H9FN4O/c1-6-5-12-15-9(6)14-10(16)7-3-2-4-8(11)13-7/h2-5H,1H3,(H2,12,14,15,16). The van der Waals surface area contributed by atoms with E-state index in [4.69, 9.17) is 0 Å². The van der Waals surface area contributed by atoms with Gasteiger partial charge in [-0.3, -0.25) is 9.89 Å². The molecule has 0 bridgehead atoms. The number of carbonyl (C=O) groups is 1. The Labute approximate surface area is 90.7 Å². The van der Waals surface area contributed by atoms with Crippen molar-refractivity contribution in [3.63, 3.8) is 0 Å². The van der Waals surface area contributed by atoms with E-state index in [1.165, 1.54) is 18.2 Å². The summed E-state index contributed by atoms with van der Waals surface area (Å²) in [6.07, 6.45) is 1.58. The van der Waals surface area contributed by atoms with Crippen LogP contribution in [-0.2, 0) is 0 Å². The Morgan fingerprint density at radius 1 is 1.50 bits per heavy atom. The van der Waals surface area contributed by atoms with E-state index in [0.29, 0.717) is 5.82 Å². The average molecular weight is 220 g/mol. The van der Waals surface area contributed by atoms with E-state index in [2.05, 4.69) is 20.5 Å². The largest absolute Gasteiger partial charge is 0.305 e. The molecule has 2 aromatic rings. The van der Waals surface area contributed by atoms with Gasteiger partial charge in [-0.1, -0.05) is 6.07 Å². The summed E-state index contributed by atoms with van der Waals surface area (Å²) in [6, 6.07) is 4.04. The molecule has 5 nitrogen and oxygen atoms in total.